The molecule has 5 aromatic rings. The monoisotopic (exact) mass is 1070 g/mol. The average Bonchev–Trinajstić information content (AvgIpc) is 3.69. The van der Waals surface area contributed by atoms with Crippen LogP contribution in [0.15, 0.2) is 110 Å². The number of carbonyl (C=O) groups is 4. The molecule has 1 aromatic heterocycles. The molecule has 0 aliphatic carbocycles. The van der Waals surface area contributed by atoms with Gasteiger partial charge in [0.2, 0.25) is 0 Å². The number of benzene rings is 4. The quantitative estimate of drug-likeness (QED) is 0.0771. The van der Waals surface area contributed by atoms with Crippen molar-refractivity contribution >= 4 is 43.7 Å². The number of nitrogens with zero attached hydrogens (tertiary/aromatic N) is 5. The minimum absolute atomic E-state index is 0.0516. The van der Waals surface area contributed by atoms with Gasteiger partial charge in [-0.1, -0.05) is 94.6 Å². The second-order valence-corrected chi connectivity index (χ2v) is 25.4. The normalized spacial score (nSPS) is 18.7. The standard InChI is InChI=1S/C58H65N5O13Si/c1-11-23-72-56(67)62-43-29-51(49(71-8)27-40(43)52(64)60-31-37-19-15-13-17-35(37)25-45(60)54(62)66)75-34-42-47(69-6)22-21-39(59-42)33-74-50-30-44-41(28-48(50)70-7)53(65)61-32-38-20-16-14-18-36(38)26-46(61)55(63(44)57(68)73-24-12-2)76-77(9,10)58(3,4)5/h11-22,27-30,45-46,54-55,66H,1-2,23-26,31-34H2,3-10H3/t45-,46-,54?,55?/m0/s1. The summed E-state index contributed by atoms with van der Waals surface area (Å²) in [5.74, 6) is 0.371. The molecule has 9 rings (SSSR count). The molecule has 0 spiro atoms. The summed E-state index contributed by atoms with van der Waals surface area (Å²) in [5, 5.41) is 11.8. The van der Waals surface area contributed by atoms with Gasteiger partial charge in [0, 0.05) is 25.2 Å². The number of aromatic nitrogens is 1. The molecule has 0 saturated heterocycles. The number of amides is 4. The van der Waals surface area contributed by atoms with Gasteiger partial charge in [0.25, 0.3) is 11.8 Å². The highest BCUT2D eigenvalue weighted by Gasteiger charge is 2.51. The minimum atomic E-state index is -2.67. The van der Waals surface area contributed by atoms with Crippen molar-refractivity contribution < 1.29 is 61.9 Å². The van der Waals surface area contributed by atoms with Gasteiger partial charge in [0.15, 0.2) is 43.8 Å². The summed E-state index contributed by atoms with van der Waals surface area (Å²) in [6.45, 7) is 18.0. The van der Waals surface area contributed by atoms with Gasteiger partial charge < -0.3 is 52.5 Å². The highest BCUT2D eigenvalue weighted by atomic mass is 28.4. The molecule has 0 bridgehead atoms. The zero-order valence-corrected chi connectivity index (χ0v) is 45.7. The van der Waals surface area contributed by atoms with E-state index in [1.54, 1.807) is 34.1 Å². The van der Waals surface area contributed by atoms with E-state index in [1.165, 1.54) is 50.5 Å². The minimum Gasteiger partial charge on any atom is -0.495 e. The van der Waals surface area contributed by atoms with E-state index in [2.05, 4.69) is 47.0 Å². The molecule has 4 aliphatic heterocycles. The Morgan fingerprint density at radius 3 is 1.66 bits per heavy atom. The third kappa shape index (κ3) is 10.4. The highest BCUT2D eigenvalue weighted by Crippen LogP contribution is 2.47. The van der Waals surface area contributed by atoms with Crippen LogP contribution in [0.3, 0.4) is 0 Å². The molecule has 77 heavy (non-hydrogen) atoms. The van der Waals surface area contributed by atoms with E-state index in [9.17, 15) is 19.5 Å². The van der Waals surface area contributed by atoms with Gasteiger partial charge >= 0.3 is 12.2 Å². The van der Waals surface area contributed by atoms with E-state index < -0.39 is 51.0 Å². The fraction of sp³-hybridized carbons (Fsp3) is 0.362. The van der Waals surface area contributed by atoms with Crippen molar-refractivity contribution in [1.82, 2.24) is 14.8 Å². The van der Waals surface area contributed by atoms with E-state index in [-0.39, 0.29) is 95.8 Å². The smallest absolute Gasteiger partial charge is 0.416 e. The first-order valence-corrected chi connectivity index (χ1v) is 28.3. The first-order chi connectivity index (χ1) is 36.9. The zero-order valence-electron chi connectivity index (χ0n) is 44.7. The summed E-state index contributed by atoms with van der Waals surface area (Å²) in [5.41, 5.74) is 5.28. The lowest BCUT2D eigenvalue weighted by molar-refractivity contribution is 0.0299. The lowest BCUT2D eigenvalue weighted by atomic mass is 9.93. The van der Waals surface area contributed by atoms with E-state index in [0.717, 1.165) is 27.2 Å². The largest absolute Gasteiger partial charge is 0.495 e. The molecule has 4 aliphatic rings. The van der Waals surface area contributed by atoms with Crippen LogP contribution in [-0.4, -0.2) is 111 Å². The van der Waals surface area contributed by atoms with Crippen molar-refractivity contribution in [3.63, 3.8) is 0 Å². The maximum atomic E-state index is 15.0. The second kappa shape index (κ2) is 22.0. The Kier molecular flexibility index (Phi) is 15.4. The molecule has 5 heterocycles. The Bertz CT molecular complexity index is 3120. The number of aliphatic hydroxyl groups excluding tert-OH is 1. The molecule has 404 valence electrons. The van der Waals surface area contributed by atoms with Crippen LogP contribution in [0, 0.1) is 0 Å². The number of pyridine rings is 1. The SMILES string of the molecule is C=CCOC(=O)N1c2cc(OCc3nc(COc4cc5c(cc4OC)C(=O)N4Cc6ccccc6C[C@H]4C(O[Si](C)(C)C(C)(C)C)N5C(=O)OCC=C)ccc3OC)c(OC)cc2C(=O)N2Cc3ccccc3C[C@H]2C1O. The number of hydrogen-bond donors (Lipinski definition) is 1. The van der Waals surface area contributed by atoms with Gasteiger partial charge in [0.1, 0.15) is 37.9 Å². The lowest BCUT2D eigenvalue weighted by Gasteiger charge is -2.47. The molecule has 19 heteroatoms. The molecule has 4 aromatic carbocycles. The average molecular weight is 1070 g/mol. The van der Waals surface area contributed by atoms with Crippen LogP contribution in [0.25, 0.3) is 0 Å². The Hall–Kier alpha value is -7.87. The molecule has 4 atom stereocenters. The number of methoxy groups -OCH3 is 3. The van der Waals surface area contributed by atoms with Gasteiger partial charge in [-0.15, -0.1) is 0 Å². The molecule has 2 unspecified atom stereocenters. The predicted molar refractivity (Wildman–Crippen MR) is 289 cm³/mol. The van der Waals surface area contributed by atoms with Crippen LogP contribution in [-0.2, 0) is 53.0 Å². The van der Waals surface area contributed by atoms with Gasteiger partial charge in [0.05, 0.1) is 61.6 Å². The molecular weight excluding hydrogens is 1000 g/mol. The lowest BCUT2D eigenvalue weighted by Crippen LogP contribution is -2.60. The molecule has 4 amide bonds. The van der Waals surface area contributed by atoms with Crippen LogP contribution in [0.2, 0.25) is 18.1 Å². The van der Waals surface area contributed by atoms with Crippen LogP contribution >= 0.6 is 0 Å². The fourth-order valence-corrected chi connectivity index (χ4v) is 11.2. The van der Waals surface area contributed by atoms with Gasteiger partial charge in [-0.25, -0.2) is 24.4 Å². The van der Waals surface area contributed by atoms with Crippen molar-refractivity contribution in [2.75, 3.05) is 44.3 Å². The number of fused-ring (bicyclic) bond motifs is 6. The predicted octanol–water partition coefficient (Wildman–Crippen LogP) is 9.35. The number of anilines is 2. The molecular formula is C58H65N5O13Si. The molecule has 0 fully saturated rings. The van der Waals surface area contributed by atoms with Crippen LogP contribution < -0.4 is 33.5 Å². The number of carbonyl (C=O) groups excluding carboxylic acids is 4. The van der Waals surface area contributed by atoms with Crippen molar-refractivity contribution in [3.8, 4) is 28.7 Å². The number of aliphatic hydroxyl groups is 1. The van der Waals surface area contributed by atoms with Crippen molar-refractivity contribution in [2.24, 2.45) is 0 Å². The summed E-state index contributed by atoms with van der Waals surface area (Å²) in [6, 6.07) is 23.8. The highest BCUT2D eigenvalue weighted by molar-refractivity contribution is 6.74. The summed E-state index contributed by atoms with van der Waals surface area (Å²) in [6.07, 6.45) is -0.471. The fourth-order valence-electron chi connectivity index (χ4n) is 10.00. The maximum Gasteiger partial charge on any atom is 0.416 e. The van der Waals surface area contributed by atoms with Crippen molar-refractivity contribution in [1.29, 1.82) is 0 Å². The summed E-state index contributed by atoms with van der Waals surface area (Å²) in [4.78, 5) is 68.7. The number of rotatable bonds is 15. The van der Waals surface area contributed by atoms with E-state index in [4.69, 9.17) is 42.6 Å². The van der Waals surface area contributed by atoms with Crippen molar-refractivity contribution in [3.05, 3.63) is 155 Å². The molecule has 0 saturated carbocycles. The van der Waals surface area contributed by atoms with Gasteiger partial charge in [-0.05, 0) is 77.5 Å². The summed E-state index contributed by atoms with van der Waals surface area (Å²) in [7, 11) is 1.72. The van der Waals surface area contributed by atoms with Crippen LogP contribution in [0.1, 0.15) is 75.1 Å². The Morgan fingerprint density at radius 1 is 0.662 bits per heavy atom. The zero-order chi connectivity index (χ0) is 54.9. The Labute approximate surface area is 449 Å². The Morgan fingerprint density at radius 2 is 1.14 bits per heavy atom. The first kappa shape index (κ1) is 53.9. The van der Waals surface area contributed by atoms with E-state index >= 15 is 4.79 Å². The molecule has 1 N–H and O–H groups in total. The maximum absolute atomic E-state index is 15.0. The summed E-state index contributed by atoms with van der Waals surface area (Å²) >= 11 is 0. The second-order valence-electron chi connectivity index (χ2n) is 20.7. The van der Waals surface area contributed by atoms with E-state index in [1.807, 2.05) is 48.5 Å². The van der Waals surface area contributed by atoms with Crippen molar-refractivity contribution in [2.45, 2.75) is 103 Å². The van der Waals surface area contributed by atoms with Gasteiger partial charge in [-0.3, -0.25) is 9.59 Å². The topological polar surface area (TPSA) is 188 Å². The molecule has 18 nitrogen and oxygen atoms in total. The third-order valence-electron chi connectivity index (χ3n) is 15.0. The number of hydrogen-bond acceptors (Lipinski definition) is 14. The molecule has 0 radical (unpaired) electrons. The number of ether oxygens (including phenoxy) is 7. The van der Waals surface area contributed by atoms with Crippen LogP contribution in [0.4, 0.5) is 21.0 Å². The van der Waals surface area contributed by atoms with Gasteiger partial charge in [-0.2, -0.15) is 0 Å². The third-order valence-corrected chi connectivity index (χ3v) is 19.5. The Balaban J connectivity index is 1.04. The first-order valence-electron chi connectivity index (χ1n) is 25.4. The van der Waals surface area contributed by atoms with Crippen LogP contribution in [0.5, 0.6) is 28.7 Å². The summed E-state index contributed by atoms with van der Waals surface area (Å²) < 4.78 is 48.8. The van der Waals surface area contributed by atoms with E-state index in [0.29, 0.717) is 30.1 Å².